The Kier molecular flexibility index (Phi) is 4.31. The summed E-state index contributed by atoms with van der Waals surface area (Å²) in [5, 5.41) is 3.41. The van der Waals surface area contributed by atoms with Crippen molar-refractivity contribution in [1.29, 1.82) is 0 Å². The molecule has 18 heavy (non-hydrogen) atoms. The standard InChI is InChI=1S/C15H18N2O/c1-13(14-7-3-2-4-8-14)16-10-12-17-11-6-5-9-15(17)18/h2-9,11,13,16H,10,12H2,1H3/t13-/m1/s1. The van der Waals surface area contributed by atoms with Crippen LogP contribution in [0.25, 0.3) is 0 Å². The van der Waals surface area contributed by atoms with Gasteiger partial charge < -0.3 is 9.88 Å². The molecule has 1 N–H and O–H groups in total. The Labute approximate surface area is 107 Å². The van der Waals surface area contributed by atoms with Gasteiger partial charge in [0, 0.05) is 31.4 Å². The molecule has 1 aromatic heterocycles. The van der Waals surface area contributed by atoms with Gasteiger partial charge in [0.05, 0.1) is 0 Å². The van der Waals surface area contributed by atoms with E-state index < -0.39 is 0 Å². The molecule has 0 amide bonds. The molecular weight excluding hydrogens is 224 g/mol. The molecular formula is C15H18N2O. The third-order valence-electron chi connectivity index (χ3n) is 3.00. The molecule has 94 valence electrons. The normalized spacial score (nSPS) is 12.3. The first-order chi connectivity index (χ1) is 8.77. The van der Waals surface area contributed by atoms with Crippen molar-refractivity contribution in [2.24, 2.45) is 0 Å². The van der Waals surface area contributed by atoms with Crippen LogP contribution >= 0.6 is 0 Å². The lowest BCUT2D eigenvalue weighted by molar-refractivity contribution is 0.524. The number of nitrogens with zero attached hydrogens (tertiary/aromatic N) is 1. The highest BCUT2D eigenvalue weighted by atomic mass is 16.1. The lowest BCUT2D eigenvalue weighted by Crippen LogP contribution is -2.27. The van der Waals surface area contributed by atoms with Gasteiger partial charge in [-0.25, -0.2) is 0 Å². The molecule has 1 heterocycles. The zero-order valence-electron chi connectivity index (χ0n) is 10.5. The highest BCUT2D eigenvalue weighted by Gasteiger charge is 2.03. The van der Waals surface area contributed by atoms with Crippen molar-refractivity contribution in [2.45, 2.75) is 19.5 Å². The summed E-state index contributed by atoms with van der Waals surface area (Å²) in [6, 6.07) is 15.8. The van der Waals surface area contributed by atoms with Gasteiger partial charge in [0.25, 0.3) is 5.56 Å². The van der Waals surface area contributed by atoms with E-state index >= 15 is 0 Å². The molecule has 3 heteroatoms. The molecule has 1 atom stereocenters. The highest BCUT2D eigenvalue weighted by Crippen LogP contribution is 2.10. The van der Waals surface area contributed by atoms with Crippen LogP contribution in [0.3, 0.4) is 0 Å². The highest BCUT2D eigenvalue weighted by molar-refractivity contribution is 5.17. The predicted molar refractivity (Wildman–Crippen MR) is 73.6 cm³/mol. The molecule has 0 fully saturated rings. The van der Waals surface area contributed by atoms with Gasteiger partial charge in [0.15, 0.2) is 0 Å². The van der Waals surface area contributed by atoms with E-state index in [2.05, 4.69) is 24.4 Å². The Hall–Kier alpha value is -1.87. The average Bonchev–Trinajstić information content (AvgIpc) is 2.42. The summed E-state index contributed by atoms with van der Waals surface area (Å²) >= 11 is 0. The molecule has 1 aromatic carbocycles. The number of benzene rings is 1. The Morgan fingerprint density at radius 1 is 1.11 bits per heavy atom. The van der Waals surface area contributed by atoms with Gasteiger partial charge in [-0.3, -0.25) is 4.79 Å². The zero-order valence-corrected chi connectivity index (χ0v) is 10.5. The van der Waals surface area contributed by atoms with E-state index in [1.807, 2.05) is 30.5 Å². The van der Waals surface area contributed by atoms with E-state index in [-0.39, 0.29) is 5.56 Å². The summed E-state index contributed by atoms with van der Waals surface area (Å²) in [6.07, 6.45) is 1.82. The summed E-state index contributed by atoms with van der Waals surface area (Å²) in [4.78, 5) is 11.5. The summed E-state index contributed by atoms with van der Waals surface area (Å²) in [6.45, 7) is 3.60. The van der Waals surface area contributed by atoms with Crippen LogP contribution < -0.4 is 10.9 Å². The lowest BCUT2D eigenvalue weighted by atomic mass is 10.1. The summed E-state index contributed by atoms with van der Waals surface area (Å²) in [5.74, 6) is 0. The molecule has 0 saturated carbocycles. The van der Waals surface area contributed by atoms with E-state index in [4.69, 9.17) is 0 Å². The van der Waals surface area contributed by atoms with Crippen LogP contribution in [0.5, 0.6) is 0 Å². The molecule has 2 rings (SSSR count). The molecule has 3 nitrogen and oxygen atoms in total. The lowest BCUT2D eigenvalue weighted by Gasteiger charge is -2.14. The van der Waals surface area contributed by atoms with Crippen molar-refractivity contribution in [1.82, 2.24) is 9.88 Å². The summed E-state index contributed by atoms with van der Waals surface area (Å²) in [5.41, 5.74) is 1.31. The first-order valence-corrected chi connectivity index (χ1v) is 6.21. The van der Waals surface area contributed by atoms with Gasteiger partial charge in [-0.05, 0) is 18.6 Å². The van der Waals surface area contributed by atoms with Crippen LogP contribution in [0.4, 0.5) is 0 Å². The van der Waals surface area contributed by atoms with Gasteiger partial charge in [-0.2, -0.15) is 0 Å². The zero-order chi connectivity index (χ0) is 12.8. The minimum absolute atomic E-state index is 0.0478. The maximum absolute atomic E-state index is 11.5. The second-order valence-corrected chi connectivity index (χ2v) is 4.32. The second-order valence-electron chi connectivity index (χ2n) is 4.32. The van der Waals surface area contributed by atoms with Crippen molar-refractivity contribution < 1.29 is 0 Å². The second kappa shape index (κ2) is 6.17. The van der Waals surface area contributed by atoms with Crippen molar-refractivity contribution in [3.63, 3.8) is 0 Å². The van der Waals surface area contributed by atoms with Gasteiger partial charge in [-0.1, -0.05) is 36.4 Å². The van der Waals surface area contributed by atoms with Crippen LogP contribution in [0.1, 0.15) is 18.5 Å². The molecule has 0 radical (unpaired) electrons. The fourth-order valence-electron chi connectivity index (χ4n) is 1.91. The van der Waals surface area contributed by atoms with Crippen LogP contribution in [-0.4, -0.2) is 11.1 Å². The third kappa shape index (κ3) is 3.31. The van der Waals surface area contributed by atoms with E-state index in [9.17, 15) is 4.79 Å². The van der Waals surface area contributed by atoms with Gasteiger partial charge in [-0.15, -0.1) is 0 Å². The van der Waals surface area contributed by atoms with Crippen molar-refractivity contribution in [2.75, 3.05) is 6.54 Å². The fraction of sp³-hybridized carbons (Fsp3) is 0.267. The topological polar surface area (TPSA) is 34.0 Å². The Bertz CT molecular complexity index is 533. The summed E-state index contributed by atoms with van der Waals surface area (Å²) in [7, 11) is 0. The Morgan fingerprint density at radius 2 is 1.83 bits per heavy atom. The molecule has 0 saturated heterocycles. The smallest absolute Gasteiger partial charge is 0.250 e. The van der Waals surface area contributed by atoms with Crippen molar-refractivity contribution in [3.05, 3.63) is 70.6 Å². The predicted octanol–water partition coefficient (Wildman–Crippen LogP) is 2.20. The van der Waals surface area contributed by atoms with Crippen LogP contribution in [0.15, 0.2) is 59.5 Å². The number of aromatic nitrogens is 1. The third-order valence-corrected chi connectivity index (χ3v) is 3.00. The number of rotatable bonds is 5. The largest absolute Gasteiger partial charge is 0.314 e. The Balaban J connectivity index is 1.86. The van der Waals surface area contributed by atoms with Crippen LogP contribution in [0.2, 0.25) is 0 Å². The van der Waals surface area contributed by atoms with E-state index in [0.717, 1.165) is 6.54 Å². The van der Waals surface area contributed by atoms with E-state index in [1.54, 1.807) is 16.7 Å². The maximum Gasteiger partial charge on any atom is 0.250 e. The van der Waals surface area contributed by atoms with Gasteiger partial charge in [0.2, 0.25) is 0 Å². The number of pyridine rings is 1. The Morgan fingerprint density at radius 3 is 2.56 bits per heavy atom. The molecule has 0 spiro atoms. The number of nitrogens with one attached hydrogen (secondary N) is 1. The quantitative estimate of drug-likeness (QED) is 0.872. The maximum atomic E-state index is 11.5. The fourth-order valence-corrected chi connectivity index (χ4v) is 1.91. The molecule has 0 aliphatic heterocycles. The monoisotopic (exact) mass is 242 g/mol. The van der Waals surface area contributed by atoms with Crippen molar-refractivity contribution >= 4 is 0 Å². The first kappa shape index (κ1) is 12.6. The van der Waals surface area contributed by atoms with E-state index in [1.165, 1.54) is 5.56 Å². The number of hydrogen-bond acceptors (Lipinski definition) is 2. The molecule has 0 unspecified atom stereocenters. The molecule has 0 aliphatic rings. The van der Waals surface area contributed by atoms with Crippen LogP contribution in [0, 0.1) is 0 Å². The minimum Gasteiger partial charge on any atom is -0.314 e. The van der Waals surface area contributed by atoms with Crippen molar-refractivity contribution in [3.8, 4) is 0 Å². The number of hydrogen-bond donors (Lipinski definition) is 1. The summed E-state index contributed by atoms with van der Waals surface area (Å²) < 4.78 is 1.71. The van der Waals surface area contributed by atoms with Gasteiger partial charge >= 0.3 is 0 Å². The SMILES string of the molecule is C[C@@H](NCCn1ccccc1=O)c1ccccc1. The molecule has 0 bridgehead atoms. The first-order valence-electron chi connectivity index (χ1n) is 6.21. The minimum atomic E-state index is 0.0478. The average molecular weight is 242 g/mol. The van der Waals surface area contributed by atoms with Gasteiger partial charge in [0.1, 0.15) is 0 Å². The van der Waals surface area contributed by atoms with Crippen LogP contribution in [-0.2, 0) is 6.54 Å². The molecule has 2 aromatic rings. The molecule has 0 aliphatic carbocycles. The van der Waals surface area contributed by atoms with E-state index in [0.29, 0.717) is 12.6 Å².